The molecule has 0 saturated heterocycles. The molecule has 0 bridgehead atoms. The molecule has 11 heteroatoms. The molecule has 1 aliphatic heterocycles. The fourth-order valence-electron chi connectivity index (χ4n) is 4.70. The van der Waals surface area contributed by atoms with E-state index in [2.05, 4.69) is 10.6 Å². The summed E-state index contributed by atoms with van der Waals surface area (Å²) in [6.07, 6.45) is 0. The third-order valence-electron chi connectivity index (χ3n) is 6.58. The number of hydrogen-bond donors (Lipinski definition) is 2. The summed E-state index contributed by atoms with van der Waals surface area (Å²) in [5.41, 5.74) is 2.89. The van der Waals surface area contributed by atoms with Crippen molar-refractivity contribution < 1.29 is 23.7 Å². The highest BCUT2D eigenvalue weighted by atomic mass is 35.5. The Labute approximate surface area is 236 Å². The van der Waals surface area contributed by atoms with Gasteiger partial charge in [-0.05, 0) is 37.3 Å². The SMILES string of the molecule is COc1ccccc1NC(=O)C1=C(C)Nc2nc(-c3cc(OC)c(OC)c(OC)c3)nn2C1c1ccccc1Cl. The lowest BCUT2D eigenvalue weighted by atomic mass is 9.95. The molecule has 1 atom stereocenters. The van der Waals surface area contributed by atoms with Gasteiger partial charge < -0.3 is 29.6 Å². The van der Waals surface area contributed by atoms with Gasteiger partial charge >= 0.3 is 0 Å². The summed E-state index contributed by atoms with van der Waals surface area (Å²) in [5.74, 6) is 2.42. The quantitative estimate of drug-likeness (QED) is 0.288. The normalized spacial score (nSPS) is 14.2. The Morgan fingerprint density at radius 1 is 0.925 bits per heavy atom. The van der Waals surface area contributed by atoms with Crippen LogP contribution in [0.15, 0.2) is 71.9 Å². The summed E-state index contributed by atoms with van der Waals surface area (Å²) < 4.78 is 23.6. The molecule has 0 aliphatic carbocycles. The number of amides is 1. The van der Waals surface area contributed by atoms with Crippen molar-refractivity contribution in [1.82, 2.24) is 14.8 Å². The van der Waals surface area contributed by atoms with E-state index in [4.69, 9.17) is 40.6 Å². The minimum absolute atomic E-state index is 0.338. The number of para-hydroxylation sites is 2. The third kappa shape index (κ3) is 4.77. The molecule has 1 unspecified atom stereocenters. The number of allylic oxidation sites excluding steroid dienone is 1. The molecule has 1 aromatic heterocycles. The Balaban J connectivity index is 1.63. The summed E-state index contributed by atoms with van der Waals surface area (Å²) in [6.45, 7) is 1.82. The Hall–Kier alpha value is -4.70. The van der Waals surface area contributed by atoms with Gasteiger partial charge in [-0.2, -0.15) is 4.98 Å². The van der Waals surface area contributed by atoms with Crippen molar-refractivity contribution >= 4 is 29.1 Å². The van der Waals surface area contributed by atoms with Gasteiger partial charge in [-0.15, -0.1) is 5.10 Å². The van der Waals surface area contributed by atoms with Crippen LogP contribution < -0.4 is 29.6 Å². The average molecular weight is 562 g/mol. The van der Waals surface area contributed by atoms with Gasteiger partial charge in [-0.3, -0.25) is 4.79 Å². The number of anilines is 2. The molecule has 2 N–H and O–H groups in total. The number of benzene rings is 3. The molecule has 2 heterocycles. The Morgan fingerprint density at radius 3 is 2.23 bits per heavy atom. The number of methoxy groups -OCH3 is 4. The van der Waals surface area contributed by atoms with Gasteiger partial charge in [0, 0.05) is 21.8 Å². The third-order valence-corrected chi connectivity index (χ3v) is 6.92. The van der Waals surface area contributed by atoms with E-state index in [0.717, 1.165) is 0 Å². The van der Waals surface area contributed by atoms with E-state index in [0.29, 0.717) is 67.9 Å². The summed E-state index contributed by atoms with van der Waals surface area (Å²) in [7, 11) is 6.18. The van der Waals surface area contributed by atoms with Gasteiger partial charge in [0.05, 0.1) is 39.7 Å². The van der Waals surface area contributed by atoms with Crippen molar-refractivity contribution in [2.75, 3.05) is 39.1 Å². The molecule has 0 saturated carbocycles. The highest BCUT2D eigenvalue weighted by Gasteiger charge is 2.36. The first kappa shape index (κ1) is 26.9. The topological polar surface area (TPSA) is 109 Å². The van der Waals surface area contributed by atoms with Gasteiger partial charge in [-0.1, -0.05) is 41.9 Å². The number of ether oxygens (including phenoxy) is 4. The van der Waals surface area contributed by atoms with Gasteiger partial charge in [0.2, 0.25) is 11.7 Å². The Bertz CT molecular complexity index is 1590. The number of carbonyl (C=O) groups excluding carboxylic acids is 1. The van der Waals surface area contributed by atoms with Gasteiger partial charge in [0.15, 0.2) is 17.3 Å². The van der Waals surface area contributed by atoms with Crippen molar-refractivity contribution in [2.24, 2.45) is 0 Å². The summed E-state index contributed by atoms with van der Waals surface area (Å²) >= 11 is 6.68. The lowest BCUT2D eigenvalue weighted by Gasteiger charge is -2.29. The van der Waals surface area contributed by atoms with Crippen LogP contribution >= 0.6 is 11.6 Å². The van der Waals surface area contributed by atoms with E-state index < -0.39 is 6.04 Å². The number of hydrogen-bond acceptors (Lipinski definition) is 8. The molecule has 1 amide bonds. The van der Waals surface area contributed by atoms with E-state index in [-0.39, 0.29) is 5.91 Å². The average Bonchev–Trinajstić information content (AvgIpc) is 3.39. The summed E-state index contributed by atoms with van der Waals surface area (Å²) in [5, 5.41) is 11.5. The number of nitrogens with one attached hydrogen (secondary N) is 2. The standard InChI is InChI=1S/C29H28ClN5O5/c1-16-24(28(36)32-20-12-8-9-13-21(20)37-2)25(18-10-6-7-11-19(18)30)35-29(31-16)33-27(34-35)17-14-22(38-3)26(40-5)23(15-17)39-4/h6-15,25H,1-5H3,(H,32,36)(H,31,33,34). The predicted octanol–water partition coefficient (Wildman–Crippen LogP) is 5.56. The van der Waals surface area contributed by atoms with Crippen molar-refractivity contribution in [3.63, 3.8) is 0 Å². The predicted molar refractivity (Wildman–Crippen MR) is 153 cm³/mol. The second-order valence-corrected chi connectivity index (χ2v) is 9.27. The van der Waals surface area contributed by atoms with Crippen molar-refractivity contribution in [1.29, 1.82) is 0 Å². The van der Waals surface area contributed by atoms with Crippen LogP contribution in [0.1, 0.15) is 18.5 Å². The van der Waals surface area contributed by atoms with Crippen LogP contribution in [-0.4, -0.2) is 49.1 Å². The van der Waals surface area contributed by atoms with Crippen molar-refractivity contribution in [2.45, 2.75) is 13.0 Å². The van der Waals surface area contributed by atoms with Gasteiger partial charge in [0.1, 0.15) is 11.8 Å². The number of rotatable bonds is 8. The first-order valence-corrected chi connectivity index (χ1v) is 12.7. The van der Waals surface area contributed by atoms with E-state index in [1.54, 1.807) is 56.3 Å². The lowest BCUT2D eigenvalue weighted by molar-refractivity contribution is -0.113. The van der Waals surface area contributed by atoms with Gasteiger partial charge in [-0.25, -0.2) is 4.68 Å². The summed E-state index contributed by atoms with van der Waals surface area (Å²) in [4.78, 5) is 18.6. The molecule has 206 valence electrons. The number of carbonyl (C=O) groups is 1. The molecule has 0 radical (unpaired) electrons. The maximum atomic E-state index is 13.8. The van der Waals surface area contributed by atoms with Gasteiger partial charge in [0.25, 0.3) is 5.91 Å². The second-order valence-electron chi connectivity index (χ2n) is 8.86. The number of aromatic nitrogens is 3. The van der Waals surface area contributed by atoms with E-state index in [1.807, 2.05) is 37.3 Å². The molecule has 5 rings (SSSR count). The maximum absolute atomic E-state index is 13.8. The Morgan fingerprint density at radius 2 is 1.57 bits per heavy atom. The fraction of sp³-hybridized carbons (Fsp3) is 0.207. The van der Waals surface area contributed by atoms with Crippen molar-refractivity contribution in [3.8, 4) is 34.4 Å². The molecule has 4 aromatic rings. The monoisotopic (exact) mass is 561 g/mol. The second kappa shape index (κ2) is 11.2. The van der Waals surface area contributed by atoms with E-state index in [9.17, 15) is 4.79 Å². The van der Waals surface area contributed by atoms with Crippen LogP contribution in [0.2, 0.25) is 5.02 Å². The molecule has 1 aliphatic rings. The van der Waals surface area contributed by atoms with Crippen LogP contribution in [0.25, 0.3) is 11.4 Å². The van der Waals surface area contributed by atoms with Crippen LogP contribution in [0.5, 0.6) is 23.0 Å². The van der Waals surface area contributed by atoms with Crippen LogP contribution in [-0.2, 0) is 4.79 Å². The van der Waals surface area contributed by atoms with Crippen LogP contribution in [0, 0.1) is 0 Å². The molecule has 3 aromatic carbocycles. The lowest BCUT2D eigenvalue weighted by Crippen LogP contribution is -2.31. The molecular formula is C29H28ClN5O5. The first-order chi connectivity index (χ1) is 19.4. The first-order valence-electron chi connectivity index (χ1n) is 12.3. The molecule has 0 spiro atoms. The van der Waals surface area contributed by atoms with Crippen molar-refractivity contribution in [3.05, 3.63) is 82.5 Å². The van der Waals surface area contributed by atoms with Crippen LogP contribution in [0.3, 0.4) is 0 Å². The molecule has 10 nitrogen and oxygen atoms in total. The van der Waals surface area contributed by atoms with E-state index >= 15 is 0 Å². The number of nitrogens with zero attached hydrogens (tertiary/aromatic N) is 3. The Kier molecular flexibility index (Phi) is 7.52. The minimum atomic E-state index is -0.678. The zero-order valence-electron chi connectivity index (χ0n) is 22.6. The number of fused-ring (bicyclic) bond motifs is 1. The molecule has 0 fully saturated rings. The summed E-state index contributed by atoms with van der Waals surface area (Å²) in [6, 6.07) is 17.4. The smallest absolute Gasteiger partial charge is 0.255 e. The zero-order valence-corrected chi connectivity index (χ0v) is 23.4. The fourth-order valence-corrected chi connectivity index (χ4v) is 4.94. The highest BCUT2D eigenvalue weighted by Crippen LogP contribution is 2.43. The van der Waals surface area contributed by atoms with Crippen LogP contribution in [0.4, 0.5) is 11.6 Å². The minimum Gasteiger partial charge on any atom is -0.495 e. The largest absolute Gasteiger partial charge is 0.495 e. The van der Waals surface area contributed by atoms with E-state index in [1.165, 1.54) is 7.11 Å². The number of halogens is 1. The maximum Gasteiger partial charge on any atom is 0.255 e. The highest BCUT2D eigenvalue weighted by molar-refractivity contribution is 6.31. The molecule has 40 heavy (non-hydrogen) atoms. The molecular weight excluding hydrogens is 534 g/mol. The zero-order chi connectivity index (χ0) is 28.4.